The summed E-state index contributed by atoms with van der Waals surface area (Å²) in [5, 5.41) is 8.83. The third-order valence-electron chi connectivity index (χ3n) is 5.54. The Morgan fingerprint density at radius 1 is 1.16 bits per heavy atom. The number of thioether (sulfide) groups is 1. The molecule has 3 amide bonds. The Morgan fingerprint density at radius 2 is 2.00 bits per heavy atom. The van der Waals surface area contributed by atoms with Crippen molar-refractivity contribution in [2.45, 2.75) is 43.2 Å². The number of carbonyl (C=O) groups excluding carboxylic acids is 2. The Kier molecular flexibility index (Phi) is 6.76. The van der Waals surface area contributed by atoms with Gasteiger partial charge in [-0.1, -0.05) is 18.9 Å². The van der Waals surface area contributed by atoms with Crippen LogP contribution in [0, 0.1) is 0 Å². The van der Waals surface area contributed by atoms with Gasteiger partial charge in [-0.15, -0.1) is 11.8 Å². The normalized spacial score (nSPS) is 14.0. The number of amides is 3. The summed E-state index contributed by atoms with van der Waals surface area (Å²) in [6.07, 6.45) is 8.23. The van der Waals surface area contributed by atoms with Crippen molar-refractivity contribution in [1.82, 2.24) is 20.2 Å². The molecule has 162 valence electrons. The Hall–Kier alpha value is -3.00. The highest BCUT2D eigenvalue weighted by Crippen LogP contribution is 2.20. The van der Waals surface area contributed by atoms with Crippen LogP contribution in [0.25, 0.3) is 11.0 Å². The summed E-state index contributed by atoms with van der Waals surface area (Å²) in [7, 11) is 0. The Labute approximate surface area is 186 Å². The number of nitrogens with zero attached hydrogens (tertiary/aromatic N) is 2. The van der Waals surface area contributed by atoms with E-state index in [1.54, 1.807) is 18.1 Å². The molecule has 0 aliphatic heterocycles. The lowest BCUT2D eigenvalue weighted by atomic mass is 10.1. The molecule has 31 heavy (non-hydrogen) atoms. The van der Waals surface area contributed by atoms with Gasteiger partial charge in [-0.05, 0) is 55.5 Å². The lowest BCUT2D eigenvalue weighted by Gasteiger charge is -2.12. The zero-order valence-electron chi connectivity index (χ0n) is 17.6. The fraction of sp³-hybridized carbons (Fsp3) is 0.348. The van der Waals surface area contributed by atoms with Gasteiger partial charge < -0.3 is 20.5 Å². The van der Waals surface area contributed by atoms with Gasteiger partial charge in [-0.3, -0.25) is 4.79 Å². The predicted octanol–water partition coefficient (Wildman–Crippen LogP) is 4.25. The zero-order valence-corrected chi connectivity index (χ0v) is 18.4. The van der Waals surface area contributed by atoms with Crippen molar-refractivity contribution in [2.75, 3.05) is 18.1 Å². The van der Waals surface area contributed by atoms with Crippen LogP contribution in [-0.4, -0.2) is 40.3 Å². The van der Waals surface area contributed by atoms with Crippen molar-refractivity contribution in [3.63, 3.8) is 0 Å². The van der Waals surface area contributed by atoms with Gasteiger partial charge in [0.05, 0.1) is 17.4 Å². The molecule has 4 rings (SSSR count). The number of hydrogen-bond donors (Lipinski definition) is 3. The first-order chi connectivity index (χ1) is 15.1. The van der Waals surface area contributed by atoms with Crippen LogP contribution in [0.1, 0.15) is 36.0 Å². The molecule has 2 aromatic carbocycles. The summed E-state index contributed by atoms with van der Waals surface area (Å²) in [5.41, 5.74) is 3.11. The summed E-state index contributed by atoms with van der Waals surface area (Å²) in [6, 6.07) is 13.4. The van der Waals surface area contributed by atoms with Crippen LogP contribution in [-0.2, 0) is 6.54 Å². The van der Waals surface area contributed by atoms with Crippen molar-refractivity contribution in [3.05, 3.63) is 54.4 Å². The molecule has 1 fully saturated rings. The molecule has 0 radical (unpaired) electrons. The lowest BCUT2D eigenvalue weighted by molar-refractivity contribution is 0.0938. The van der Waals surface area contributed by atoms with Gasteiger partial charge in [0.25, 0.3) is 5.91 Å². The molecule has 1 aliphatic carbocycles. The third kappa shape index (κ3) is 5.38. The Balaban J connectivity index is 1.31. The van der Waals surface area contributed by atoms with Crippen molar-refractivity contribution >= 4 is 40.4 Å². The highest BCUT2D eigenvalue weighted by molar-refractivity contribution is 7.98. The maximum atomic E-state index is 12.5. The second-order valence-corrected chi connectivity index (χ2v) is 8.59. The number of imidazole rings is 1. The van der Waals surface area contributed by atoms with Gasteiger partial charge in [0.2, 0.25) is 0 Å². The van der Waals surface area contributed by atoms with Crippen LogP contribution < -0.4 is 16.0 Å². The minimum atomic E-state index is -0.242. The smallest absolute Gasteiger partial charge is 0.319 e. The molecule has 1 heterocycles. The maximum Gasteiger partial charge on any atom is 0.319 e. The first-order valence-electron chi connectivity index (χ1n) is 10.6. The monoisotopic (exact) mass is 437 g/mol. The summed E-state index contributed by atoms with van der Waals surface area (Å²) >= 11 is 1.63. The highest BCUT2D eigenvalue weighted by Gasteiger charge is 2.18. The van der Waals surface area contributed by atoms with E-state index < -0.39 is 0 Å². The minimum absolute atomic E-state index is 0.0350. The number of benzene rings is 2. The quantitative estimate of drug-likeness (QED) is 0.482. The summed E-state index contributed by atoms with van der Waals surface area (Å²) in [6.45, 7) is 1.05. The number of nitrogens with one attached hydrogen (secondary N) is 3. The maximum absolute atomic E-state index is 12.5. The number of aromatic nitrogens is 2. The van der Waals surface area contributed by atoms with Gasteiger partial charge >= 0.3 is 6.03 Å². The fourth-order valence-electron chi connectivity index (χ4n) is 3.89. The molecule has 8 heteroatoms. The first-order valence-corrected chi connectivity index (χ1v) is 11.8. The van der Waals surface area contributed by atoms with E-state index in [2.05, 4.69) is 20.9 Å². The van der Waals surface area contributed by atoms with E-state index in [0.29, 0.717) is 24.7 Å². The van der Waals surface area contributed by atoms with E-state index in [-0.39, 0.29) is 11.9 Å². The van der Waals surface area contributed by atoms with Crippen LogP contribution in [0.3, 0.4) is 0 Å². The topological polar surface area (TPSA) is 88.1 Å². The number of anilines is 1. The molecular weight excluding hydrogens is 410 g/mol. The van der Waals surface area contributed by atoms with E-state index >= 15 is 0 Å². The Bertz CT molecular complexity index is 1070. The van der Waals surface area contributed by atoms with Gasteiger partial charge in [-0.2, -0.15) is 0 Å². The molecule has 0 unspecified atom stereocenters. The summed E-state index contributed by atoms with van der Waals surface area (Å²) in [5.74, 6) is -0.0350. The second-order valence-electron chi connectivity index (χ2n) is 7.71. The summed E-state index contributed by atoms with van der Waals surface area (Å²) in [4.78, 5) is 30.2. The SMILES string of the molecule is CSc1cccc(NC(=O)NCCn2cnc3cc(C(=O)NC4CCCC4)ccc32)c1. The third-order valence-corrected chi connectivity index (χ3v) is 6.26. The zero-order chi connectivity index (χ0) is 21.6. The van der Waals surface area contributed by atoms with Crippen molar-refractivity contribution in [1.29, 1.82) is 0 Å². The average Bonchev–Trinajstić information content (AvgIpc) is 3.43. The van der Waals surface area contributed by atoms with Gasteiger partial charge in [0, 0.05) is 35.3 Å². The first kappa shape index (κ1) is 21.2. The molecule has 0 spiro atoms. The molecule has 3 N–H and O–H groups in total. The molecule has 7 nitrogen and oxygen atoms in total. The predicted molar refractivity (Wildman–Crippen MR) is 125 cm³/mol. The van der Waals surface area contributed by atoms with Crippen molar-refractivity contribution in [3.8, 4) is 0 Å². The van der Waals surface area contributed by atoms with E-state index in [1.807, 2.05) is 53.3 Å². The van der Waals surface area contributed by atoms with Crippen LogP contribution in [0.15, 0.2) is 53.7 Å². The van der Waals surface area contributed by atoms with Crippen molar-refractivity contribution < 1.29 is 9.59 Å². The standard InChI is InChI=1S/C23H27N5O2S/c1-31-19-8-4-7-18(14-19)27-23(30)24-11-12-28-15-25-20-13-16(9-10-21(20)28)22(29)26-17-5-2-3-6-17/h4,7-10,13-15,17H,2-3,5-6,11-12H2,1H3,(H,26,29)(H2,24,27,30). The fourth-order valence-corrected chi connectivity index (χ4v) is 4.35. The van der Waals surface area contributed by atoms with Crippen LogP contribution >= 0.6 is 11.8 Å². The summed E-state index contributed by atoms with van der Waals surface area (Å²) < 4.78 is 1.97. The average molecular weight is 438 g/mol. The molecule has 1 aliphatic rings. The minimum Gasteiger partial charge on any atom is -0.349 e. The number of rotatable bonds is 7. The molecule has 0 bridgehead atoms. The van der Waals surface area contributed by atoms with E-state index in [1.165, 1.54) is 12.8 Å². The number of carbonyl (C=O) groups is 2. The lowest BCUT2D eigenvalue weighted by Crippen LogP contribution is -2.32. The van der Waals surface area contributed by atoms with E-state index in [9.17, 15) is 9.59 Å². The second kappa shape index (κ2) is 9.87. The van der Waals surface area contributed by atoms with Crippen molar-refractivity contribution in [2.24, 2.45) is 0 Å². The number of hydrogen-bond acceptors (Lipinski definition) is 4. The molecule has 3 aromatic rings. The highest BCUT2D eigenvalue weighted by atomic mass is 32.2. The molecule has 0 atom stereocenters. The molecular formula is C23H27N5O2S. The number of urea groups is 1. The van der Waals surface area contributed by atoms with Crippen LogP contribution in [0.5, 0.6) is 0 Å². The molecule has 1 aromatic heterocycles. The molecule has 0 saturated heterocycles. The molecule has 1 saturated carbocycles. The van der Waals surface area contributed by atoms with E-state index in [4.69, 9.17) is 0 Å². The van der Waals surface area contributed by atoms with Crippen LogP contribution in [0.2, 0.25) is 0 Å². The van der Waals surface area contributed by atoms with Crippen LogP contribution in [0.4, 0.5) is 10.5 Å². The van der Waals surface area contributed by atoms with Gasteiger partial charge in [0.1, 0.15) is 0 Å². The largest absolute Gasteiger partial charge is 0.349 e. The number of fused-ring (bicyclic) bond motifs is 1. The Morgan fingerprint density at radius 3 is 2.81 bits per heavy atom. The van der Waals surface area contributed by atoms with E-state index in [0.717, 1.165) is 34.5 Å². The van der Waals surface area contributed by atoms with Gasteiger partial charge in [-0.25, -0.2) is 9.78 Å². The van der Waals surface area contributed by atoms with Gasteiger partial charge in [0.15, 0.2) is 0 Å².